The third-order valence-electron chi connectivity index (χ3n) is 13.9. The molecular weight excluding hydrogens is 596 g/mol. The van der Waals surface area contributed by atoms with Crippen LogP contribution in [0, 0.1) is 45.8 Å². The summed E-state index contributed by atoms with van der Waals surface area (Å²) in [5.74, 6) is 7.81. The summed E-state index contributed by atoms with van der Waals surface area (Å²) in [6.07, 6.45) is 19.9. The van der Waals surface area contributed by atoms with Gasteiger partial charge in [-0.05, 0) is 93.1 Å². The monoisotopic (exact) mass is 656 g/mol. The van der Waals surface area contributed by atoms with Crippen LogP contribution in [0.5, 0.6) is 0 Å². The normalized spacial score (nSPS) is 35.9. The van der Waals surface area contributed by atoms with Gasteiger partial charge in [-0.25, -0.2) is 4.79 Å². The third kappa shape index (κ3) is 6.90. The lowest BCUT2D eigenvalue weighted by atomic mass is 9.36. The summed E-state index contributed by atoms with van der Waals surface area (Å²) in [5, 5.41) is 13.8. The first-order valence-electron chi connectivity index (χ1n) is 19.4. The zero-order chi connectivity index (χ0) is 33.8. The van der Waals surface area contributed by atoms with Gasteiger partial charge in [0.2, 0.25) is 0 Å². The molecule has 2 heterocycles. The quantitative estimate of drug-likeness (QED) is 0.179. The van der Waals surface area contributed by atoms with E-state index in [1.165, 1.54) is 50.5 Å². The van der Waals surface area contributed by atoms with E-state index in [0.717, 1.165) is 50.5 Å². The molecule has 262 valence electrons. The molecular formula is C43H60O5. The second-order valence-electron chi connectivity index (χ2n) is 16.8. The smallest absolute Gasteiger partial charge is 0.331 e. The molecule has 1 aromatic rings. The van der Waals surface area contributed by atoms with Crippen LogP contribution in [0.2, 0.25) is 0 Å². The molecule has 3 saturated carbocycles. The maximum atomic E-state index is 13.8. The second-order valence-corrected chi connectivity index (χ2v) is 16.8. The van der Waals surface area contributed by atoms with Crippen molar-refractivity contribution in [2.45, 2.75) is 154 Å². The van der Waals surface area contributed by atoms with E-state index in [1.54, 1.807) is 6.08 Å². The molecule has 3 fully saturated rings. The lowest BCUT2D eigenvalue weighted by Crippen LogP contribution is -2.72. The van der Waals surface area contributed by atoms with Gasteiger partial charge < -0.3 is 14.6 Å². The van der Waals surface area contributed by atoms with Crippen LogP contribution in [0.15, 0.2) is 42.0 Å². The zero-order valence-electron chi connectivity index (χ0n) is 30.0. The second kappa shape index (κ2) is 14.7. The molecule has 1 unspecified atom stereocenters. The number of aryl methyl sites for hydroxylation is 1. The zero-order valence-corrected chi connectivity index (χ0v) is 30.0. The van der Waals surface area contributed by atoms with E-state index in [1.807, 2.05) is 0 Å². The Morgan fingerprint density at radius 1 is 0.958 bits per heavy atom. The van der Waals surface area contributed by atoms with Crippen molar-refractivity contribution in [3.05, 3.63) is 47.5 Å². The van der Waals surface area contributed by atoms with Gasteiger partial charge in [-0.2, -0.15) is 0 Å². The number of fused-ring (bicyclic) bond motifs is 4. The Labute approximate surface area is 290 Å². The maximum absolute atomic E-state index is 13.8. The van der Waals surface area contributed by atoms with Crippen LogP contribution < -0.4 is 0 Å². The number of ether oxygens (including phenoxy) is 2. The molecule has 5 heteroatoms. The average Bonchev–Trinajstić information content (AvgIpc) is 3.52. The van der Waals surface area contributed by atoms with Crippen molar-refractivity contribution in [3.63, 3.8) is 0 Å². The molecule has 6 rings (SSSR count). The molecule has 0 aromatic heterocycles. The first kappa shape index (κ1) is 35.3. The molecule has 0 saturated heterocycles. The number of cyclic esters (lactones) is 1. The van der Waals surface area contributed by atoms with Gasteiger partial charge in [0.1, 0.15) is 12.7 Å². The minimum Gasteiger partial charge on any atom is -0.462 e. The number of rotatable bonds is 12. The predicted octanol–water partition coefficient (Wildman–Crippen LogP) is 9.30. The molecule has 1 N–H and O–H groups in total. The average molecular weight is 657 g/mol. The van der Waals surface area contributed by atoms with Gasteiger partial charge in [0, 0.05) is 30.3 Å². The SMILES string of the molecule is C[C@H](CCCc1ccccc1)CCC[C@]12CCC[C@@](C)(C3CCCCC3)C1[C@@H]1C[C@](C)(C#CCCC(=O)O1)[C@]2(O)CCC1=CC(=O)OC1. The van der Waals surface area contributed by atoms with E-state index >= 15 is 0 Å². The van der Waals surface area contributed by atoms with E-state index in [4.69, 9.17) is 9.47 Å². The fraction of sp³-hybridized carbons (Fsp3) is 0.721. The largest absolute Gasteiger partial charge is 0.462 e. The summed E-state index contributed by atoms with van der Waals surface area (Å²) < 4.78 is 11.9. The lowest BCUT2D eigenvalue weighted by molar-refractivity contribution is -0.285. The number of esters is 2. The fourth-order valence-electron chi connectivity index (χ4n) is 11.5. The van der Waals surface area contributed by atoms with Crippen molar-refractivity contribution < 1.29 is 24.2 Å². The molecule has 48 heavy (non-hydrogen) atoms. The first-order chi connectivity index (χ1) is 23.1. The maximum Gasteiger partial charge on any atom is 0.331 e. The van der Waals surface area contributed by atoms with Crippen LogP contribution in [0.1, 0.15) is 142 Å². The van der Waals surface area contributed by atoms with E-state index < -0.39 is 16.4 Å². The van der Waals surface area contributed by atoms with Crippen molar-refractivity contribution in [1.29, 1.82) is 0 Å². The highest BCUT2D eigenvalue weighted by Crippen LogP contribution is 2.71. The van der Waals surface area contributed by atoms with Crippen molar-refractivity contribution >= 4 is 11.9 Å². The van der Waals surface area contributed by atoms with Gasteiger partial charge >= 0.3 is 11.9 Å². The van der Waals surface area contributed by atoms with Gasteiger partial charge in [0.05, 0.1) is 17.4 Å². The lowest BCUT2D eigenvalue weighted by Gasteiger charge is -2.70. The topological polar surface area (TPSA) is 72.8 Å². The fourth-order valence-corrected chi connectivity index (χ4v) is 11.5. The molecule has 5 aliphatic rings. The van der Waals surface area contributed by atoms with Gasteiger partial charge in [0.25, 0.3) is 0 Å². The molecule has 3 aliphatic carbocycles. The molecule has 2 aliphatic heterocycles. The van der Waals surface area contributed by atoms with Gasteiger partial charge in [-0.15, -0.1) is 5.92 Å². The highest BCUT2D eigenvalue weighted by atomic mass is 16.5. The van der Waals surface area contributed by atoms with E-state index in [-0.39, 0.29) is 29.4 Å². The summed E-state index contributed by atoms with van der Waals surface area (Å²) in [4.78, 5) is 25.4. The van der Waals surface area contributed by atoms with Crippen molar-refractivity contribution in [1.82, 2.24) is 0 Å². The molecule has 1 aromatic carbocycles. The number of carbonyl (C=O) groups is 2. The van der Waals surface area contributed by atoms with Gasteiger partial charge in [0.15, 0.2) is 0 Å². The Kier molecular flexibility index (Phi) is 10.8. The summed E-state index contributed by atoms with van der Waals surface area (Å²) in [6.45, 7) is 7.38. The number of hydrogen-bond donors (Lipinski definition) is 1. The Hall–Kier alpha value is -2.58. The highest BCUT2D eigenvalue weighted by molar-refractivity contribution is 5.85. The Bertz CT molecular complexity index is 1380. The summed E-state index contributed by atoms with van der Waals surface area (Å²) in [5.41, 5.74) is 0.0892. The molecule has 2 bridgehead atoms. The van der Waals surface area contributed by atoms with Gasteiger partial charge in [-0.3, -0.25) is 4.79 Å². The van der Waals surface area contributed by atoms with E-state index in [0.29, 0.717) is 50.5 Å². The Morgan fingerprint density at radius 2 is 1.73 bits per heavy atom. The molecule has 5 nitrogen and oxygen atoms in total. The number of aliphatic hydroxyl groups is 1. The van der Waals surface area contributed by atoms with Crippen molar-refractivity contribution in [3.8, 4) is 11.8 Å². The van der Waals surface area contributed by atoms with Crippen LogP contribution in [0.25, 0.3) is 0 Å². The first-order valence-corrected chi connectivity index (χ1v) is 19.4. The van der Waals surface area contributed by atoms with Crippen LogP contribution >= 0.6 is 0 Å². The van der Waals surface area contributed by atoms with Crippen molar-refractivity contribution in [2.24, 2.45) is 34.0 Å². The van der Waals surface area contributed by atoms with E-state index in [9.17, 15) is 14.7 Å². The minimum atomic E-state index is -1.09. The minimum absolute atomic E-state index is 0.0204. The van der Waals surface area contributed by atoms with Crippen molar-refractivity contribution in [2.75, 3.05) is 6.61 Å². The van der Waals surface area contributed by atoms with E-state index in [2.05, 4.69) is 62.9 Å². The van der Waals surface area contributed by atoms with Gasteiger partial charge in [-0.1, -0.05) is 95.0 Å². The third-order valence-corrected chi connectivity index (χ3v) is 13.9. The standard InChI is InChI=1S/C43H60O5/c1-32(15-12-19-33-17-6-4-7-18-33)16-13-26-42-27-14-25-41(3,35-20-8-5-9-21-35)39(42)36-30-40(2,24-11-10-22-37(44)48-36)43(42,46)28-23-34-29-38(45)47-31-34/h4,6-7,17-18,29,32,35-36,39,46H,5,8-10,12-16,19-23,25-28,30-31H2,1-3H3/t32-,36+,39?,40+,41+,42+,43-/m1/s1. The Morgan fingerprint density at radius 3 is 2.48 bits per heavy atom. The van der Waals surface area contributed by atoms with Crippen LogP contribution in [-0.2, 0) is 25.5 Å². The molecule has 0 amide bonds. The summed E-state index contributed by atoms with van der Waals surface area (Å²) in [7, 11) is 0. The van der Waals surface area contributed by atoms with Crippen LogP contribution in [0.3, 0.4) is 0 Å². The number of benzene rings is 1. The molecule has 0 spiro atoms. The number of hydrogen-bond acceptors (Lipinski definition) is 5. The predicted molar refractivity (Wildman–Crippen MR) is 190 cm³/mol. The summed E-state index contributed by atoms with van der Waals surface area (Å²) in [6, 6.07) is 10.8. The van der Waals surface area contributed by atoms with Crippen LogP contribution in [0.4, 0.5) is 0 Å². The molecule has 7 atom stereocenters. The number of carbonyl (C=O) groups excluding carboxylic acids is 2. The molecule has 0 radical (unpaired) electrons. The summed E-state index contributed by atoms with van der Waals surface area (Å²) >= 11 is 0. The van der Waals surface area contributed by atoms with Crippen LogP contribution in [-0.4, -0.2) is 35.4 Å². The highest BCUT2D eigenvalue weighted by Gasteiger charge is 2.72. The Balaban J connectivity index is 1.35.